The fourth-order valence-electron chi connectivity index (χ4n) is 1.75. The van der Waals surface area contributed by atoms with E-state index in [9.17, 15) is 0 Å². The van der Waals surface area contributed by atoms with Crippen LogP contribution in [0.1, 0.15) is 39.5 Å². The normalized spacial score (nSPS) is 13.7. The van der Waals surface area contributed by atoms with Crippen molar-refractivity contribution in [1.82, 2.24) is 5.48 Å². The predicted octanol–water partition coefficient (Wildman–Crippen LogP) is 3.82. The van der Waals surface area contributed by atoms with Crippen LogP contribution in [-0.2, 0) is 4.84 Å². The Bertz CT molecular complexity index is 554. The first-order valence-corrected chi connectivity index (χ1v) is 6.40. The number of hydroxylamine groups is 1. The summed E-state index contributed by atoms with van der Waals surface area (Å²) in [5.74, 6) is 1.57. The van der Waals surface area contributed by atoms with Crippen LogP contribution in [-0.4, -0.2) is 12.7 Å². The molecule has 0 fully saturated rings. The Hall–Kier alpha value is -1.52. The predicted molar refractivity (Wildman–Crippen MR) is 75.2 cm³/mol. The molecule has 2 rings (SSSR count). The van der Waals surface area contributed by atoms with E-state index in [0.29, 0.717) is 0 Å². The number of para-hydroxylation sites is 1. The summed E-state index contributed by atoms with van der Waals surface area (Å²) in [4.78, 5) is 5.56. The molecule has 0 aliphatic rings. The number of hydrogen-bond donors (Lipinski definition) is 1. The molecule has 0 aliphatic heterocycles. The third-order valence-electron chi connectivity index (χ3n) is 2.72. The Morgan fingerprint density at radius 1 is 1.26 bits per heavy atom. The number of ether oxygens (including phenoxy) is 1. The fourth-order valence-corrected chi connectivity index (χ4v) is 1.75. The molecule has 1 aromatic carbocycles. The highest BCUT2D eigenvalue weighted by Crippen LogP contribution is 2.30. The number of benzene rings is 1. The molecule has 0 amide bonds. The maximum atomic E-state index is 5.85. The number of nitrogens with one attached hydrogen (secondary N) is 1. The van der Waals surface area contributed by atoms with E-state index >= 15 is 0 Å². The Kier molecular flexibility index (Phi) is 3.83. The molecule has 0 saturated heterocycles. The van der Waals surface area contributed by atoms with Crippen LogP contribution in [0.4, 0.5) is 0 Å². The summed E-state index contributed by atoms with van der Waals surface area (Å²) in [5.41, 5.74) is 3.53. The standard InChI is InChI=1S/C15H21NO3/c1-10(16-19-15(2,3)4)13-9-11-7-6-8-12(17-5)14(11)18-13/h6-10,16H,1-5H3. The molecule has 2 aromatic rings. The van der Waals surface area contributed by atoms with Crippen molar-refractivity contribution in [3.8, 4) is 5.75 Å². The van der Waals surface area contributed by atoms with E-state index < -0.39 is 0 Å². The van der Waals surface area contributed by atoms with Crippen LogP contribution in [0.25, 0.3) is 11.0 Å². The summed E-state index contributed by atoms with van der Waals surface area (Å²) >= 11 is 0. The zero-order valence-corrected chi connectivity index (χ0v) is 12.1. The molecule has 1 unspecified atom stereocenters. The van der Waals surface area contributed by atoms with Gasteiger partial charge in [-0.05, 0) is 39.8 Å². The van der Waals surface area contributed by atoms with Gasteiger partial charge in [0.25, 0.3) is 0 Å². The lowest BCUT2D eigenvalue weighted by molar-refractivity contribution is -0.0888. The molecule has 19 heavy (non-hydrogen) atoms. The van der Waals surface area contributed by atoms with Crippen LogP contribution in [0.3, 0.4) is 0 Å². The first-order valence-electron chi connectivity index (χ1n) is 6.40. The Morgan fingerprint density at radius 3 is 2.63 bits per heavy atom. The summed E-state index contributed by atoms with van der Waals surface area (Å²) in [5, 5.41) is 1.03. The Labute approximate surface area is 113 Å². The maximum absolute atomic E-state index is 5.85. The molecule has 4 heteroatoms. The largest absolute Gasteiger partial charge is 0.493 e. The van der Waals surface area contributed by atoms with Crippen LogP contribution in [0.2, 0.25) is 0 Å². The van der Waals surface area contributed by atoms with Crippen molar-refractivity contribution in [1.29, 1.82) is 0 Å². The third kappa shape index (κ3) is 3.28. The zero-order valence-electron chi connectivity index (χ0n) is 12.1. The van der Waals surface area contributed by atoms with Crippen molar-refractivity contribution in [2.45, 2.75) is 39.3 Å². The highest BCUT2D eigenvalue weighted by atomic mass is 16.7. The number of hydrogen-bond acceptors (Lipinski definition) is 4. The molecule has 0 radical (unpaired) electrons. The molecule has 4 nitrogen and oxygen atoms in total. The van der Waals surface area contributed by atoms with Crippen LogP contribution in [0.15, 0.2) is 28.7 Å². The van der Waals surface area contributed by atoms with E-state index in [1.807, 2.05) is 52.0 Å². The lowest BCUT2D eigenvalue weighted by atomic mass is 10.2. The van der Waals surface area contributed by atoms with Gasteiger partial charge in [-0.2, -0.15) is 5.48 Å². The zero-order chi connectivity index (χ0) is 14.0. The second-order valence-electron chi connectivity index (χ2n) is 5.58. The first kappa shape index (κ1) is 13.9. The van der Waals surface area contributed by atoms with Crippen molar-refractivity contribution in [3.63, 3.8) is 0 Å². The van der Waals surface area contributed by atoms with Crippen molar-refractivity contribution < 1.29 is 14.0 Å². The van der Waals surface area contributed by atoms with Gasteiger partial charge in [-0.15, -0.1) is 0 Å². The molecule has 0 aliphatic carbocycles. The summed E-state index contributed by atoms with van der Waals surface area (Å²) in [6, 6.07) is 7.81. The van der Waals surface area contributed by atoms with Gasteiger partial charge in [0.2, 0.25) is 0 Å². The average Bonchev–Trinajstić information content (AvgIpc) is 2.78. The highest BCUT2D eigenvalue weighted by Gasteiger charge is 2.17. The first-order chi connectivity index (χ1) is 8.90. The SMILES string of the molecule is COc1cccc2cc(C(C)NOC(C)(C)C)oc12. The molecule has 1 N–H and O–H groups in total. The van der Waals surface area contributed by atoms with Gasteiger partial charge in [0, 0.05) is 5.39 Å². The molecule has 1 aromatic heterocycles. The monoisotopic (exact) mass is 263 g/mol. The summed E-state index contributed by atoms with van der Waals surface area (Å²) in [7, 11) is 1.64. The van der Waals surface area contributed by atoms with E-state index in [1.165, 1.54) is 0 Å². The van der Waals surface area contributed by atoms with Crippen molar-refractivity contribution in [2.75, 3.05) is 7.11 Å². The number of fused-ring (bicyclic) bond motifs is 1. The molecular weight excluding hydrogens is 242 g/mol. The summed E-state index contributed by atoms with van der Waals surface area (Å²) in [6.45, 7) is 7.98. The average molecular weight is 263 g/mol. The molecular formula is C15H21NO3. The molecule has 0 spiro atoms. The van der Waals surface area contributed by atoms with Crippen molar-refractivity contribution >= 4 is 11.0 Å². The highest BCUT2D eigenvalue weighted by molar-refractivity contribution is 5.83. The second-order valence-corrected chi connectivity index (χ2v) is 5.58. The van der Waals surface area contributed by atoms with Gasteiger partial charge < -0.3 is 9.15 Å². The van der Waals surface area contributed by atoms with Crippen molar-refractivity contribution in [2.24, 2.45) is 0 Å². The lowest BCUT2D eigenvalue weighted by Crippen LogP contribution is -2.30. The van der Waals surface area contributed by atoms with E-state index in [0.717, 1.165) is 22.5 Å². The van der Waals surface area contributed by atoms with Gasteiger partial charge in [0.05, 0.1) is 18.8 Å². The smallest absolute Gasteiger partial charge is 0.176 e. The quantitative estimate of drug-likeness (QED) is 0.852. The van der Waals surface area contributed by atoms with E-state index in [2.05, 4.69) is 5.48 Å². The van der Waals surface area contributed by atoms with E-state index in [1.54, 1.807) is 7.11 Å². The van der Waals surface area contributed by atoms with Crippen LogP contribution in [0, 0.1) is 0 Å². The Balaban J connectivity index is 2.21. The van der Waals surface area contributed by atoms with Gasteiger partial charge >= 0.3 is 0 Å². The van der Waals surface area contributed by atoms with Gasteiger partial charge in [0.1, 0.15) is 5.76 Å². The van der Waals surface area contributed by atoms with Crippen LogP contribution >= 0.6 is 0 Å². The number of rotatable bonds is 4. The fraction of sp³-hybridized carbons (Fsp3) is 0.467. The van der Waals surface area contributed by atoms with Crippen molar-refractivity contribution in [3.05, 3.63) is 30.0 Å². The maximum Gasteiger partial charge on any atom is 0.176 e. The minimum absolute atomic E-state index is 0.0312. The van der Waals surface area contributed by atoms with Crippen LogP contribution in [0.5, 0.6) is 5.75 Å². The number of furan rings is 1. The minimum Gasteiger partial charge on any atom is -0.493 e. The molecule has 0 bridgehead atoms. The van der Waals surface area contributed by atoms with Gasteiger partial charge in [-0.3, -0.25) is 4.84 Å². The second kappa shape index (κ2) is 5.23. The summed E-state index contributed by atoms with van der Waals surface area (Å²) in [6.07, 6.45) is 0. The summed E-state index contributed by atoms with van der Waals surface area (Å²) < 4.78 is 11.1. The molecule has 1 heterocycles. The van der Waals surface area contributed by atoms with Crippen LogP contribution < -0.4 is 10.2 Å². The van der Waals surface area contributed by atoms with Gasteiger partial charge in [0.15, 0.2) is 11.3 Å². The number of methoxy groups -OCH3 is 1. The van der Waals surface area contributed by atoms with E-state index in [4.69, 9.17) is 14.0 Å². The lowest BCUT2D eigenvalue weighted by Gasteiger charge is -2.22. The molecule has 104 valence electrons. The molecule has 0 saturated carbocycles. The minimum atomic E-state index is -0.238. The Morgan fingerprint density at radius 2 is 2.00 bits per heavy atom. The molecule has 1 atom stereocenters. The third-order valence-corrected chi connectivity index (χ3v) is 2.72. The van der Waals surface area contributed by atoms with E-state index in [-0.39, 0.29) is 11.6 Å². The topological polar surface area (TPSA) is 43.6 Å². The van der Waals surface area contributed by atoms with Gasteiger partial charge in [-0.1, -0.05) is 12.1 Å². The van der Waals surface area contributed by atoms with Gasteiger partial charge in [-0.25, -0.2) is 0 Å².